The van der Waals surface area contributed by atoms with E-state index in [2.05, 4.69) is 167 Å². The van der Waals surface area contributed by atoms with Crippen LogP contribution in [-0.2, 0) is 5.41 Å². The monoisotopic (exact) mass is 722 g/mol. The molecule has 0 unspecified atom stereocenters. The molecular formula is C55H34N2. The van der Waals surface area contributed by atoms with Gasteiger partial charge in [0.1, 0.15) is 0 Å². The fourth-order valence-corrected chi connectivity index (χ4v) is 8.80. The van der Waals surface area contributed by atoms with Crippen molar-refractivity contribution in [3.63, 3.8) is 0 Å². The van der Waals surface area contributed by atoms with E-state index < -0.39 is 5.41 Å². The Morgan fingerprint density at radius 2 is 0.649 bits per heavy atom. The van der Waals surface area contributed by atoms with Gasteiger partial charge in [0.05, 0.1) is 18.6 Å². The fraction of sp³-hybridized carbons (Fsp3) is 0.0182. The summed E-state index contributed by atoms with van der Waals surface area (Å²) in [4.78, 5) is 7.14. The molecule has 0 fully saturated rings. The predicted octanol–water partition coefficient (Wildman–Crippen LogP) is 14.8. The molecule has 0 heterocycles. The van der Waals surface area contributed by atoms with Crippen LogP contribution in [0.15, 0.2) is 182 Å². The van der Waals surface area contributed by atoms with Gasteiger partial charge < -0.3 is 0 Å². The second-order valence-corrected chi connectivity index (χ2v) is 14.7. The van der Waals surface area contributed by atoms with Crippen LogP contribution in [-0.4, -0.2) is 0 Å². The van der Waals surface area contributed by atoms with Gasteiger partial charge in [-0.05, 0) is 113 Å². The lowest BCUT2D eigenvalue weighted by Crippen LogP contribution is -2.26. The molecule has 0 radical (unpaired) electrons. The Morgan fingerprint density at radius 1 is 0.316 bits per heavy atom. The van der Waals surface area contributed by atoms with Crippen LogP contribution in [0.2, 0.25) is 0 Å². The lowest BCUT2D eigenvalue weighted by atomic mass is 9.69. The minimum atomic E-state index is -0.590. The summed E-state index contributed by atoms with van der Waals surface area (Å²) in [5, 5.41) is 0. The standard InChI is InChI=1S/C55H34N2/c1-56-45-25-17-37(18-26-45)13-15-39-21-29-47-49-31-23-43(41-9-5-3-6-10-41)35-53(49)55(51(47)33-39)52-34-40(16-14-38-19-27-46(57-2)28-20-38)22-30-48(52)50-32-24-44(36-54(50)55)42-11-7-4-8-12-42/h3-36H/b15-13+,16-14+. The van der Waals surface area contributed by atoms with Gasteiger partial charge in [-0.15, -0.1) is 0 Å². The summed E-state index contributed by atoms with van der Waals surface area (Å²) in [7, 11) is 0. The quantitative estimate of drug-likeness (QED) is 0.119. The summed E-state index contributed by atoms with van der Waals surface area (Å²) in [5.41, 5.74) is 19.9. The van der Waals surface area contributed by atoms with Gasteiger partial charge in [0.25, 0.3) is 0 Å². The lowest BCUT2D eigenvalue weighted by molar-refractivity contribution is 0.794. The molecule has 10 rings (SSSR count). The van der Waals surface area contributed by atoms with Crippen LogP contribution in [0.4, 0.5) is 11.4 Å². The van der Waals surface area contributed by atoms with Crippen LogP contribution in [0.3, 0.4) is 0 Å². The minimum Gasteiger partial charge on any atom is -0.238 e. The lowest BCUT2D eigenvalue weighted by Gasteiger charge is -2.31. The average molecular weight is 723 g/mol. The van der Waals surface area contributed by atoms with Gasteiger partial charge in [0.15, 0.2) is 11.4 Å². The largest absolute Gasteiger partial charge is 0.238 e. The second-order valence-electron chi connectivity index (χ2n) is 14.7. The third kappa shape index (κ3) is 5.72. The number of rotatable bonds is 6. The predicted molar refractivity (Wildman–Crippen MR) is 237 cm³/mol. The third-order valence-electron chi connectivity index (χ3n) is 11.5. The zero-order valence-electron chi connectivity index (χ0n) is 31.0. The molecule has 0 N–H and O–H groups in total. The Bertz CT molecular complexity index is 2780. The Morgan fingerprint density at radius 3 is 1.04 bits per heavy atom. The summed E-state index contributed by atoms with van der Waals surface area (Å²) < 4.78 is 0. The van der Waals surface area contributed by atoms with Crippen molar-refractivity contribution in [2.45, 2.75) is 5.41 Å². The van der Waals surface area contributed by atoms with E-state index in [1.165, 1.54) is 66.8 Å². The molecule has 0 bridgehead atoms. The highest BCUT2D eigenvalue weighted by molar-refractivity contribution is 5.98. The van der Waals surface area contributed by atoms with Crippen molar-refractivity contribution in [1.29, 1.82) is 0 Å². The van der Waals surface area contributed by atoms with Crippen molar-refractivity contribution in [3.8, 4) is 44.5 Å². The number of hydrogen-bond donors (Lipinski definition) is 0. The van der Waals surface area contributed by atoms with E-state index in [9.17, 15) is 0 Å². The average Bonchev–Trinajstić information content (AvgIpc) is 3.74. The van der Waals surface area contributed by atoms with Crippen molar-refractivity contribution in [2.24, 2.45) is 0 Å². The molecule has 0 saturated heterocycles. The van der Waals surface area contributed by atoms with Crippen molar-refractivity contribution in [3.05, 3.63) is 249 Å². The van der Waals surface area contributed by atoms with Gasteiger partial charge in [-0.1, -0.05) is 182 Å². The topological polar surface area (TPSA) is 8.72 Å². The summed E-state index contributed by atoms with van der Waals surface area (Å²) in [6.45, 7) is 14.7. The van der Waals surface area contributed by atoms with Crippen LogP contribution in [0.5, 0.6) is 0 Å². The molecule has 8 aromatic carbocycles. The molecule has 0 saturated carbocycles. The molecule has 2 aliphatic rings. The Labute approximate surface area is 333 Å². The first-order valence-corrected chi connectivity index (χ1v) is 19.1. The van der Waals surface area contributed by atoms with Gasteiger partial charge in [-0.2, -0.15) is 0 Å². The van der Waals surface area contributed by atoms with Crippen LogP contribution in [0, 0.1) is 13.1 Å². The highest BCUT2D eigenvalue weighted by atomic mass is 14.6. The summed E-state index contributed by atoms with van der Waals surface area (Å²) in [6, 6.07) is 64.8. The van der Waals surface area contributed by atoms with Crippen molar-refractivity contribution in [2.75, 3.05) is 0 Å². The van der Waals surface area contributed by atoms with E-state index >= 15 is 0 Å². The van der Waals surface area contributed by atoms with E-state index in [0.717, 1.165) is 22.3 Å². The van der Waals surface area contributed by atoms with Crippen molar-refractivity contribution < 1.29 is 0 Å². The van der Waals surface area contributed by atoms with Crippen LogP contribution < -0.4 is 0 Å². The molecule has 2 nitrogen and oxygen atoms in total. The Hall–Kier alpha value is -7.78. The molecule has 0 amide bonds. The van der Waals surface area contributed by atoms with Gasteiger partial charge in [0, 0.05) is 0 Å². The maximum Gasteiger partial charge on any atom is 0.187 e. The van der Waals surface area contributed by atoms with Crippen LogP contribution in [0.1, 0.15) is 44.5 Å². The van der Waals surface area contributed by atoms with E-state index in [4.69, 9.17) is 13.1 Å². The smallest absolute Gasteiger partial charge is 0.187 e. The zero-order valence-corrected chi connectivity index (χ0v) is 31.0. The molecule has 57 heavy (non-hydrogen) atoms. The van der Waals surface area contributed by atoms with E-state index in [1.54, 1.807) is 0 Å². The molecule has 0 aromatic heterocycles. The molecule has 2 aliphatic carbocycles. The Balaban J connectivity index is 1.23. The molecule has 8 aromatic rings. The van der Waals surface area contributed by atoms with Gasteiger partial charge in [-0.25, -0.2) is 9.69 Å². The highest BCUT2D eigenvalue weighted by Gasteiger charge is 2.52. The molecule has 1 spiro atoms. The van der Waals surface area contributed by atoms with Crippen molar-refractivity contribution in [1.82, 2.24) is 0 Å². The number of nitrogens with zero attached hydrogens (tertiary/aromatic N) is 2. The summed E-state index contributed by atoms with van der Waals surface area (Å²) in [6.07, 6.45) is 8.65. The first-order chi connectivity index (χ1) is 28.1. The summed E-state index contributed by atoms with van der Waals surface area (Å²) in [5.74, 6) is 0. The van der Waals surface area contributed by atoms with Gasteiger partial charge in [0.2, 0.25) is 0 Å². The maximum absolute atomic E-state index is 7.37. The zero-order chi connectivity index (χ0) is 38.3. The fourth-order valence-electron chi connectivity index (χ4n) is 8.80. The SMILES string of the molecule is [C-]#[N+]c1ccc(/C=C/c2ccc3c(c2)C2(c4cc(/C=C/c5ccc([N+]#[C-])cc5)ccc4-c4ccc(-c5ccccc5)cc42)c2cc(-c4ccccc4)ccc2-3)cc1. The molecule has 0 aliphatic heterocycles. The first kappa shape index (κ1) is 33.8. The van der Waals surface area contributed by atoms with Gasteiger partial charge >= 0.3 is 0 Å². The normalized spacial score (nSPS) is 12.9. The second kappa shape index (κ2) is 13.8. The number of fused-ring (bicyclic) bond motifs is 10. The summed E-state index contributed by atoms with van der Waals surface area (Å²) >= 11 is 0. The molecule has 2 heteroatoms. The van der Waals surface area contributed by atoms with E-state index in [-0.39, 0.29) is 0 Å². The number of benzene rings is 8. The third-order valence-corrected chi connectivity index (χ3v) is 11.5. The van der Waals surface area contributed by atoms with Gasteiger partial charge in [-0.3, -0.25) is 0 Å². The minimum absolute atomic E-state index is 0.590. The molecular weight excluding hydrogens is 689 g/mol. The highest BCUT2D eigenvalue weighted by Crippen LogP contribution is 2.64. The van der Waals surface area contributed by atoms with E-state index in [0.29, 0.717) is 11.4 Å². The molecule has 264 valence electrons. The van der Waals surface area contributed by atoms with Crippen LogP contribution in [0.25, 0.3) is 78.5 Å². The Kier molecular flexibility index (Phi) is 8.18. The first-order valence-electron chi connectivity index (χ1n) is 19.1. The van der Waals surface area contributed by atoms with Crippen LogP contribution >= 0.6 is 0 Å². The molecule has 0 atom stereocenters. The van der Waals surface area contributed by atoms with Crippen molar-refractivity contribution >= 4 is 35.7 Å². The maximum atomic E-state index is 7.37. The number of hydrogen-bond acceptors (Lipinski definition) is 0. The van der Waals surface area contributed by atoms with E-state index in [1.807, 2.05) is 48.5 Å².